The Morgan fingerprint density at radius 2 is 0.659 bits per heavy atom. The Hall–Kier alpha value is -1.30. The molecule has 0 saturated carbocycles. The maximum Gasteiger partial charge on any atom is 0.119 e. The van der Waals surface area contributed by atoms with Gasteiger partial charge in [-0.3, -0.25) is 0 Å². The van der Waals surface area contributed by atoms with E-state index >= 15 is 0 Å². The molecule has 0 aliphatic heterocycles. The predicted octanol–water partition coefficient (Wildman–Crippen LogP) is 5.34. The minimum absolute atomic E-state index is 0.525. The van der Waals surface area contributed by atoms with Gasteiger partial charge in [0.25, 0.3) is 0 Å². The van der Waals surface area contributed by atoms with Gasteiger partial charge in [0, 0.05) is 6.61 Å². The van der Waals surface area contributed by atoms with E-state index in [1.807, 2.05) is 30.3 Å². The fraction of sp³-hybridized carbons (Fsp3) is 0.812. The normalized spacial score (nSPS) is 11.3. The van der Waals surface area contributed by atoms with E-state index in [1.165, 1.54) is 44.9 Å². The van der Waals surface area contributed by atoms with Gasteiger partial charge in [0.2, 0.25) is 0 Å². The van der Waals surface area contributed by atoms with Crippen LogP contribution in [0.15, 0.2) is 30.3 Å². The van der Waals surface area contributed by atoms with Gasteiger partial charge in [0.15, 0.2) is 0 Å². The summed E-state index contributed by atoms with van der Waals surface area (Å²) in [4.78, 5) is 0. The molecule has 0 aliphatic carbocycles. The van der Waals surface area contributed by atoms with Gasteiger partial charge in [0.05, 0.1) is 99.1 Å². The predicted molar refractivity (Wildman–Crippen MR) is 161 cm³/mol. The Morgan fingerprint density at radius 3 is 1.05 bits per heavy atom. The number of ether oxygens (including phenoxy) is 9. The summed E-state index contributed by atoms with van der Waals surface area (Å²) in [6.45, 7) is 11.9. The lowest BCUT2D eigenvalue weighted by atomic mass is 10.1. The highest BCUT2D eigenvalue weighted by Crippen LogP contribution is 2.08. The highest BCUT2D eigenvalue weighted by Gasteiger charge is 1.97. The largest absolute Gasteiger partial charge is 0.491 e. The molecule has 0 atom stereocenters. The van der Waals surface area contributed by atoms with Crippen LogP contribution in [0.3, 0.4) is 0 Å². The van der Waals surface area contributed by atoms with Crippen LogP contribution in [-0.4, -0.2) is 112 Å². The molecule has 0 heterocycles. The molecule has 1 rings (SSSR count). The zero-order chi connectivity index (χ0) is 29.2. The summed E-state index contributed by atoms with van der Waals surface area (Å²) in [5, 5.41) is 0. The molecule has 0 amide bonds. The van der Waals surface area contributed by atoms with Crippen molar-refractivity contribution in [3.05, 3.63) is 30.3 Å². The summed E-state index contributed by atoms with van der Waals surface area (Å²) in [5.41, 5.74) is 0. The highest BCUT2D eigenvalue weighted by atomic mass is 16.6. The third-order valence-electron chi connectivity index (χ3n) is 5.99. The standard InChI is InChI=1S/C32H58O9/c1-2-3-4-5-6-7-8-12-15-33-16-17-34-18-19-35-20-21-36-22-23-37-24-25-38-26-27-39-28-29-40-30-31-41-32-13-10-9-11-14-32/h9-11,13-14H,2-8,12,15-31H2,1H3. The summed E-state index contributed by atoms with van der Waals surface area (Å²) in [6, 6.07) is 9.70. The first-order chi connectivity index (χ1) is 20.4. The van der Waals surface area contributed by atoms with Gasteiger partial charge >= 0.3 is 0 Å². The van der Waals surface area contributed by atoms with Crippen molar-refractivity contribution in [3.8, 4) is 5.75 Å². The molecule has 1 aromatic rings. The van der Waals surface area contributed by atoms with E-state index in [1.54, 1.807) is 0 Å². The first kappa shape index (κ1) is 37.7. The van der Waals surface area contributed by atoms with Crippen LogP contribution in [0, 0.1) is 0 Å². The fourth-order valence-corrected chi connectivity index (χ4v) is 3.71. The highest BCUT2D eigenvalue weighted by molar-refractivity contribution is 5.20. The third kappa shape index (κ3) is 30.0. The molecule has 9 nitrogen and oxygen atoms in total. The third-order valence-corrected chi connectivity index (χ3v) is 5.99. The van der Waals surface area contributed by atoms with Crippen molar-refractivity contribution in [1.29, 1.82) is 0 Å². The number of unbranched alkanes of at least 4 members (excludes halogenated alkanes) is 7. The second-order valence-corrected chi connectivity index (χ2v) is 9.54. The number of hydrogen-bond acceptors (Lipinski definition) is 9. The molecule has 240 valence electrons. The second-order valence-electron chi connectivity index (χ2n) is 9.54. The Morgan fingerprint density at radius 1 is 0.341 bits per heavy atom. The molecule has 1 aromatic carbocycles. The summed E-state index contributed by atoms with van der Waals surface area (Å²) >= 11 is 0. The maximum atomic E-state index is 5.62. The lowest BCUT2D eigenvalue weighted by Gasteiger charge is -2.09. The van der Waals surface area contributed by atoms with Crippen molar-refractivity contribution in [2.75, 3.05) is 112 Å². The molecule has 0 saturated heterocycles. The number of rotatable bonds is 34. The molecule has 0 unspecified atom stereocenters. The van der Waals surface area contributed by atoms with E-state index < -0.39 is 0 Å². The lowest BCUT2D eigenvalue weighted by molar-refractivity contribution is -0.0236. The maximum absolute atomic E-state index is 5.62. The van der Waals surface area contributed by atoms with Crippen molar-refractivity contribution in [1.82, 2.24) is 0 Å². The Kier molecular flexibility index (Phi) is 30.6. The van der Waals surface area contributed by atoms with Crippen molar-refractivity contribution >= 4 is 0 Å². The van der Waals surface area contributed by atoms with Crippen LogP contribution in [0.4, 0.5) is 0 Å². The zero-order valence-electron chi connectivity index (χ0n) is 25.7. The van der Waals surface area contributed by atoms with Crippen LogP contribution in [0.5, 0.6) is 5.75 Å². The first-order valence-corrected chi connectivity index (χ1v) is 15.7. The van der Waals surface area contributed by atoms with E-state index in [4.69, 9.17) is 42.6 Å². The van der Waals surface area contributed by atoms with Crippen molar-refractivity contribution in [2.45, 2.75) is 58.3 Å². The quantitative estimate of drug-likeness (QED) is 0.0994. The zero-order valence-corrected chi connectivity index (χ0v) is 25.7. The fourth-order valence-electron chi connectivity index (χ4n) is 3.71. The molecular weight excluding hydrogens is 528 g/mol. The van der Waals surface area contributed by atoms with Gasteiger partial charge in [-0.05, 0) is 18.6 Å². The molecule has 0 spiro atoms. The van der Waals surface area contributed by atoms with Crippen LogP contribution in [0.25, 0.3) is 0 Å². The summed E-state index contributed by atoms with van der Waals surface area (Å²) < 4.78 is 49.6. The molecule has 0 aromatic heterocycles. The van der Waals surface area contributed by atoms with Crippen LogP contribution >= 0.6 is 0 Å². The molecule has 0 bridgehead atoms. The molecular formula is C32H58O9. The molecule has 0 fully saturated rings. The molecule has 0 N–H and O–H groups in total. The van der Waals surface area contributed by atoms with Crippen molar-refractivity contribution in [3.63, 3.8) is 0 Å². The van der Waals surface area contributed by atoms with Crippen LogP contribution < -0.4 is 4.74 Å². The second kappa shape index (κ2) is 33.2. The SMILES string of the molecule is CCCCCCCCCCOCCOCCOCCOCCOCCOCCOCCOCCOc1ccccc1. The Bertz CT molecular complexity index is 606. The number of para-hydroxylation sites is 1. The average Bonchev–Trinajstić information content (AvgIpc) is 3.00. The Labute approximate surface area is 249 Å². The van der Waals surface area contributed by atoms with E-state index in [0.717, 1.165) is 18.8 Å². The van der Waals surface area contributed by atoms with Crippen LogP contribution in [-0.2, 0) is 37.9 Å². The van der Waals surface area contributed by atoms with E-state index in [0.29, 0.717) is 106 Å². The monoisotopic (exact) mass is 586 g/mol. The number of benzene rings is 1. The lowest BCUT2D eigenvalue weighted by Crippen LogP contribution is -2.15. The minimum atomic E-state index is 0.525. The summed E-state index contributed by atoms with van der Waals surface area (Å²) in [6.07, 6.45) is 10.6. The van der Waals surface area contributed by atoms with Gasteiger partial charge in [-0.1, -0.05) is 70.1 Å². The van der Waals surface area contributed by atoms with Gasteiger partial charge in [-0.15, -0.1) is 0 Å². The van der Waals surface area contributed by atoms with Gasteiger partial charge in [0.1, 0.15) is 12.4 Å². The Balaban J connectivity index is 1.61. The van der Waals surface area contributed by atoms with E-state index in [9.17, 15) is 0 Å². The van der Waals surface area contributed by atoms with Gasteiger partial charge < -0.3 is 42.6 Å². The topological polar surface area (TPSA) is 83.1 Å². The minimum Gasteiger partial charge on any atom is -0.491 e. The van der Waals surface area contributed by atoms with E-state index in [-0.39, 0.29) is 0 Å². The van der Waals surface area contributed by atoms with Crippen molar-refractivity contribution < 1.29 is 42.6 Å². The van der Waals surface area contributed by atoms with Gasteiger partial charge in [-0.2, -0.15) is 0 Å². The molecule has 0 radical (unpaired) electrons. The van der Waals surface area contributed by atoms with Crippen molar-refractivity contribution in [2.24, 2.45) is 0 Å². The van der Waals surface area contributed by atoms with E-state index in [2.05, 4.69) is 6.92 Å². The summed E-state index contributed by atoms with van der Waals surface area (Å²) in [7, 11) is 0. The van der Waals surface area contributed by atoms with Crippen LogP contribution in [0.2, 0.25) is 0 Å². The average molecular weight is 587 g/mol. The molecule has 41 heavy (non-hydrogen) atoms. The number of hydrogen-bond donors (Lipinski definition) is 0. The van der Waals surface area contributed by atoms with Gasteiger partial charge in [-0.25, -0.2) is 0 Å². The summed E-state index contributed by atoms with van der Waals surface area (Å²) in [5.74, 6) is 0.851. The molecule has 9 heteroatoms. The smallest absolute Gasteiger partial charge is 0.119 e. The van der Waals surface area contributed by atoms with Crippen LogP contribution in [0.1, 0.15) is 58.3 Å². The first-order valence-electron chi connectivity index (χ1n) is 15.7. The molecule has 0 aliphatic rings.